The Morgan fingerprint density at radius 2 is 1.95 bits per heavy atom. The first-order chi connectivity index (χ1) is 9.45. The minimum atomic E-state index is -0.651. The number of anilines is 1. The number of aromatic amines is 1. The summed E-state index contributed by atoms with van der Waals surface area (Å²) in [5.74, 6) is -0.433. The standard InChI is InChI=1S/C12H9Cl2N3O3/c13-8-2-1-7(5-9(8)14)15-11(19)6-17-4-3-10(18)16-12(17)20/h1-5H,6H2,(H,15,19)(H,16,18,20). The van der Waals surface area contributed by atoms with Crippen LogP contribution in [0.25, 0.3) is 0 Å². The smallest absolute Gasteiger partial charge is 0.324 e. The second kappa shape index (κ2) is 5.94. The number of H-pyrrole nitrogens is 1. The minimum Gasteiger partial charge on any atom is -0.324 e. The SMILES string of the molecule is O=C(Cn1ccc(=O)[nH]c1=O)Nc1ccc(Cl)c(Cl)c1. The summed E-state index contributed by atoms with van der Waals surface area (Å²) in [6, 6.07) is 5.79. The van der Waals surface area contributed by atoms with Gasteiger partial charge in [0, 0.05) is 18.0 Å². The van der Waals surface area contributed by atoms with E-state index >= 15 is 0 Å². The number of rotatable bonds is 3. The number of hydrogen-bond acceptors (Lipinski definition) is 3. The zero-order chi connectivity index (χ0) is 14.7. The molecule has 0 aliphatic carbocycles. The van der Waals surface area contributed by atoms with Crippen molar-refractivity contribution in [3.8, 4) is 0 Å². The van der Waals surface area contributed by atoms with E-state index in [0.29, 0.717) is 15.7 Å². The first-order valence-corrected chi connectivity index (χ1v) is 6.26. The maximum atomic E-state index is 11.8. The zero-order valence-electron chi connectivity index (χ0n) is 10.0. The van der Waals surface area contributed by atoms with Crippen molar-refractivity contribution in [2.45, 2.75) is 6.54 Å². The molecule has 1 aromatic carbocycles. The molecule has 0 radical (unpaired) electrons. The Labute approximate surface area is 123 Å². The van der Waals surface area contributed by atoms with Crippen molar-refractivity contribution in [3.05, 3.63) is 61.3 Å². The number of benzene rings is 1. The summed E-state index contributed by atoms with van der Waals surface area (Å²) in [5, 5.41) is 3.25. The van der Waals surface area contributed by atoms with E-state index in [1.54, 1.807) is 12.1 Å². The molecule has 0 atom stereocenters. The highest BCUT2D eigenvalue weighted by atomic mass is 35.5. The Morgan fingerprint density at radius 3 is 2.60 bits per heavy atom. The lowest BCUT2D eigenvalue weighted by atomic mass is 10.3. The molecule has 2 aromatic rings. The third-order valence-corrected chi connectivity index (χ3v) is 3.15. The molecule has 20 heavy (non-hydrogen) atoms. The van der Waals surface area contributed by atoms with E-state index in [4.69, 9.17) is 23.2 Å². The molecule has 0 bridgehead atoms. The van der Waals surface area contributed by atoms with Gasteiger partial charge in [-0.2, -0.15) is 0 Å². The van der Waals surface area contributed by atoms with E-state index in [1.807, 2.05) is 0 Å². The highest BCUT2D eigenvalue weighted by Gasteiger charge is 2.06. The third kappa shape index (κ3) is 3.49. The van der Waals surface area contributed by atoms with Crippen molar-refractivity contribution in [2.75, 3.05) is 5.32 Å². The van der Waals surface area contributed by atoms with E-state index in [1.165, 1.54) is 12.3 Å². The molecule has 0 aliphatic rings. The molecule has 1 heterocycles. The molecule has 8 heteroatoms. The first kappa shape index (κ1) is 14.4. The largest absolute Gasteiger partial charge is 0.328 e. The number of halogens is 2. The van der Waals surface area contributed by atoms with Crippen LogP contribution in [0.4, 0.5) is 5.69 Å². The predicted octanol–water partition coefficient (Wildman–Crippen LogP) is 1.48. The van der Waals surface area contributed by atoms with Crippen LogP contribution in [0.1, 0.15) is 0 Å². The van der Waals surface area contributed by atoms with Gasteiger partial charge in [0.15, 0.2) is 0 Å². The second-order valence-corrected chi connectivity index (χ2v) is 4.73. The molecule has 0 saturated carbocycles. The van der Waals surface area contributed by atoms with Crippen molar-refractivity contribution >= 4 is 34.8 Å². The quantitative estimate of drug-likeness (QED) is 0.900. The lowest BCUT2D eigenvalue weighted by molar-refractivity contribution is -0.116. The van der Waals surface area contributed by atoms with Crippen molar-refractivity contribution < 1.29 is 4.79 Å². The van der Waals surface area contributed by atoms with E-state index in [-0.39, 0.29) is 6.54 Å². The summed E-state index contributed by atoms with van der Waals surface area (Å²) in [4.78, 5) is 36.1. The normalized spacial score (nSPS) is 10.3. The summed E-state index contributed by atoms with van der Waals surface area (Å²) < 4.78 is 1.08. The van der Waals surface area contributed by atoms with Crippen molar-refractivity contribution in [2.24, 2.45) is 0 Å². The molecule has 0 unspecified atom stereocenters. The van der Waals surface area contributed by atoms with Gasteiger partial charge < -0.3 is 5.32 Å². The molecule has 1 amide bonds. The van der Waals surface area contributed by atoms with Gasteiger partial charge in [0.2, 0.25) is 5.91 Å². The number of carbonyl (C=O) groups is 1. The Bertz CT molecular complexity index is 767. The molecular weight excluding hydrogens is 305 g/mol. The molecule has 1 aromatic heterocycles. The highest BCUT2D eigenvalue weighted by Crippen LogP contribution is 2.24. The Balaban J connectivity index is 2.10. The highest BCUT2D eigenvalue weighted by molar-refractivity contribution is 6.42. The lowest BCUT2D eigenvalue weighted by Crippen LogP contribution is -2.32. The van der Waals surface area contributed by atoms with Gasteiger partial charge in [-0.1, -0.05) is 23.2 Å². The van der Waals surface area contributed by atoms with Gasteiger partial charge in [-0.25, -0.2) is 4.79 Å². The van der Waals surface area contributed by atoms with Crippen LogP contribution in [0.3, 0.4) is 0 Å². The van der Waals surface area contributed by atoms with E-state index in [9.17, 15) is 14.4 Å². The zero-order valence-corrected chi connectivity index (χ0v) is 11.5. The topological polar surface area (TPSA) is 84.0 Å². The van der Waals surface area contributed by atoms with E-state index in [2.05, 4.69) is 10.3 Å². The van der Waals surface area contributed by atoms with Crippen LogP contribution >= 0.6 is 23.2 Å². The molecule has 2 rings (SSSR count). The van der Waals surface area contributed by atoms with E-state index < -0.39 is 17.2 Å². The van der Waals surface area contributed by atoms with Crippen LogP contribution in [0.2, 0.25) is 10.0 Å². The van der Waals surface area contributed by atoms with Gasteiger partial charge in [0.25, 0.3) is 5.56 Å². The number of aromatic nitrogens is 2. The molecule has 0 saturated heterocycles. The average molecular weight is 314 g/mol. The van der Waals surface area contributed by atoms with Crippen LogP contribution in [0.5, 0.6) is 0 Å². The van der Waals surface area contributed by atoms with Gasteiger partial charge in [-0.05, 0) is 18.2 Å². The maximum Gasteiger partial charge on any atom is 0.328 e. The van der Waals surface area contributed by atoms with Crippen molar-refractivity contribution in [3.63, 3.8) is 0 Å². The molecule has 104 valence electrons. The van der Waals surface area contributed by atoms with Crippen molar-refractivity contribution in [1.29, 1.82) is 0 Å². The van der Waals surface area contributed by atoms with Gasteiger partial charge in [0.05, 0.1) is 10.0 Å². The van der Waals surface area contributed by atoms with Gasteiger partial charge >= 0.3 is 5.69 Å². The molecule has 6 nitrogen and oxygen atoms in total. The summed E-state index contributed by atoms with van der Waals surface area (Å²) in [6.07, 6.45) is 1.25. The second-order valence-electron chi connectivity index (χ2n) is 3.92. The molecule has 0 spiro atoms. The summed E-state index contributed by atoms with van der Waals surface area (Å²) in [6.45, 7) is -0.226. The number of carbonyl (C=O) groups excluding carboxylic acids is 1. The number of nitrogens with zero attached hydrogens (tertiary/aromatic N) is 1. The number of hydrogen-bond donors (Lipinski definition) is 2. The monoisotopic (exact) mass is 313 g/mol. The first-order valence-electron chi connectivity index (χ1n) is 5.50. The van der Waals surface area contributed by atoms with Gasteiger partial charge in [0.1, 0.15) is 6.54 Å². The summed E-state index contributed by atoms with van der Waals surface area (Å²) >= 11 is 11.6. The van der Waals surface area contributed by atoms with Crippen LogP contribution in [-0.4, -0.2) is 15.5 Å². The van der Waals surface area contributed by atoms with Crippen LogP contribution in [-0.2, 0) is 11.3 Å². The Kier molecular flexibility index (Phi) is 4.26. The maximum absolute atomic E-state index is 11.8. The average Bonchev–Trinajstić information content (AvgIpc) is 2.37. The van der Waals surface area contributed by atoms with Crippen LogP contribution in [0, 0.1) is 0 Å². The Hall–Kier alpha value is -2.05. The van der Waals surface area contributed by atoms with Gasteiger partial charge in [-0.3, -0.25) is 19.1 Å². The fraction of sp³-hybridized carbons (Fsp3) is 0.0833. The van der Waals surface area contributed by atoms with Crippen LogP contribution < -0.4 is 16.6 Å². The molecular formula is C12H9Cl2N3O3. The number of amides is 1. The summed E-state index contributed by atoms with van der Waals surface area (Å²) in [7, 11) is 0. The van der Waals surface area contributed by atoms with E-state index in [0.717, 1.165) is 10.6 Å². The molecule has 0 fully saturated rings. The summed E-state index contributed by atoms with van der Waals surface area (Å²) in [5.41, 5.74) is -0.709. The fourth-order valence-corrected chi connectivity index (χ4v) is 1.80. The van der Waals surface area contributed by atoms with Crippen LogP contribution in [0.15, 0.2) is 40.1 Å². The fourth-order valence-electron chi connectivity index (χ4n) is 1.50. The number of nitrogens with one attached hydrogen (secondary N) is 2. The predicted molar refractivity (Wildman–Crippen MR) is 76.4 cm³/mol. The minimum absolute atomic E-state index is 0.226. The van der Waals surface area contributed by atoms with Crippen molar-refractivity contribution in [1.82, 2.24) is 9.55 Å². The lowest BCUT2D eigenvalue weighted by Gasteiger charge is -2.07. The molecule has 2 N–H and O–H groups in total. The molecule has 0 aliphatic heterocycles. The van der Waals surface area contributed by atoms with Gasteiger partial charge in [-0.15, -0.1) is 0 Å². The Morgan fingerprint density at radius 1 is 1.20 bits per heavy atom. The third-order valence-electron chi connectivity index (χ3n) is 2.41.